The Hall–Kier alpha value is -2.00. The molecule has 2 atom stereocenters. The van der Waals surface area contributed by atoms with E-state index in [0.29, 0.717) is 0 Å². The molecular weight excluding hydrogens is 276 g/mol. The van der Waals surface area contributed by atoms with E-state index in [1.165, 1.54) is 17.5 Å². The largest absolute Gasteiger partial charge is 0.497 e. The summed E-state index contributed by atoms with van der Waals surface area (Å²) in [5.41, 5.74) is 2.44. The summed E-state index contributed by atoms with van der Waals surface area (Å²) in [5, 5.41) is 0. The topological polar surface area (TPSA) is 27.7 Å². The first-order valence-electron chi connectivity index (χ1n) is 7.73. The van der Waals surface area contributed by atoms with E-state index in [1.54, 1.807) is 14.2 Å². The monoisotopic (exact) mass is 298 g/mol. The summed E-state index contributed by atoms with van der Waals surface area (Å²) in [5.74, 6) is 1.76. The average Bonchev–Trinajstić information content (AvgIpc) is 2.62. The molecule has 116 valence electrons. The Kier molecular flexibility index (Phi) is 4.64. The summed E-state index contributed by atoms with van der Waals surface area (Å²) in [6, 6.07) is 16.4. The maximum Gasteiger partial charge on any atom is 0.118 e. The van der Waals surface area contributed by atoms with Crippen LogP contribution in [0.1, 0.15) is 42.6 Å². The van der Waals surface area contributed by atoms with E-state index in [9.17, 15) is 0 Å². The summed E-state index contributed by atoms with van der Waals surface area (Å²) in [6.07, 6.45) is 3.63. The van der Waals surface area contributed by atoms with Gasteiger partial charge in [0.05, 0.1) is 26.4 Å². The van der Waals surface area contributed by atoms with Crippen molar-refractivity contribution in [2.24, 2.45) is 0 Å². The van der Waals surface area contributed by atoms with Crippen LogP contribution in [-0.4, -0.2) is 14.2 Å². The van der Waals surface area contributed by atoms with Gasteiger partial charge in [-0.15, -0.1) is 0 Å². The molecule has 0 spiro atoms. The van der Waals surface area contributed by atoms with Gasteiger partial charge in [0.2, 0.25) is 0 Å². The Balaban J connectivity index is 1.72. The smallest absolute Gasteiger partial charge is 0.118 e. The third-order valence-electron chi connectivity index (χ3n) is 4.24. The van der Waals surface area contributed by atoms with Crippen LogP contribution in [0.5, 0.6) is 11.5 Å². The summed E-state index contributed by atoms with van der Waals surface area (Å²) in [4.78, 5) is 0. The molecule has 0 N–H and O–H groups in total. The lowest BCUT2D eigenvalue weighted by molar-refractivity contribution is -0.0535. The second-order valence-electron chi connectivity index (χ2n) is 5.59. The van der Waals surface area contributed by atoms with Crippen LogP contribution in [0.15, 0.2) is 48.5 Å². The maximum atomic E-state index is 6.32. The minimum atomic E-state index is 0.159. The molecule has 1 aliphatic rings. The van der Waals surface area contributed by atoms with Gasteiger partial charge in [-0.3, -0.25) is 0 Å². The van der Waals surface area contributed by atoms with Crippen LogP contribution in [-0.2, 0) is 4.74 Å². The Morgan fingerprint density at radius 3 is 1.50 bits per heavy atom. The van der Waals surface area contributed by atoms with E-state index in [0.717, 1.165) is 24.3 Å². The number of hydrogen-bond acceptors (Lipinski definition) is 3. The highest BCUT2D eigenvalue weighted by atomic mass is 16.5. The minimum absolute atomic E-state index is 0.159. The molecule has 0 aromatic heterocycles. The second kappa shape index (κ2) is 6.84. The second-order valence-corrected chi connectivity index (χ2v) is 5.59. The molecule has 3 nitrogen and oxygen atoms in total. The van der Waals surface area contributed by atoms with Gasteiger partial charge in [-0.25, -0.2) is 0 Å². The van der Waals surface area contributed by atoms with Gasteiger partial charge in [-0.1, -0.05) is 24.3 Å². The standard InChI is InChI=1S/C19H22O3/c1-20-16-10-6-14(7-11-16)18-4-3-5-19(22-18)15-8-12-17(21-2)13-9-15/h6-13,18-19H,3-5H2,1-2H3. The van der Waals surface area contributed by atoms with Gasteiger partial charge in [0, 0.05) is 0 Å². The third-order valence-corrected chi connectivity index (χ3v) is 4.24. The first-order valence-corrected chi connectivity index (χ1v) is 7.73. The zero-order chi connectivity index (χ0) is 15.4. The quantitative estimate of drug-likeness (QED) is 0.819. The van der Waals surface area contributed by atoms with E-state index < -0.39 is 0 Å². The Bertz CT molecular complexity index is 536. The molecule has 0 saturated carbocycles. The lowest BCUT2D eigenvalue weighted by Crippen LogP contribution is -2.16. The van der Waals surface area contributed by atoms with Gasteiger partial charge in [0.25, 0.3) is 0 Å². The first kappa shape index (κ1) is 14.9. The van der Waals surface area contributed by atoms with Crippen molar-refractivity contribution in [3.8, 4) is 11.5 Å². The molecule has 2 unspecified atom stereocenters. The number of rotatable bonds is 4. The van der Waals surface area contributed by atoms with Gasteiger partial charge in [0.1, 0.15) is 11.5 Å². The Labute approximate surface area is 131 Å². The van der Waals surface area contributed by atoms with Crippen molar-refractivity contribution in [1.29, 1.82) is 0 Å². The summed E-state index contributed by atoms with van der Waals surface area (Å²) >= 11 is 0. The van der Waals surface area contributed by atoms with Gasteiger partial charge in [-0.05, 0) is 54.7 Å². The maximum absolute atomic E-state index is 6.32. The first-order chi connectivity index (χ1) is 10.8. The number of hydrogen-bond donors (Lipinski definition) is 0. The highest BCUT2D eigenvalue weighted by Gasteiger charge is 2.24. The molecule has 2 aromatic carbocycles. The number of benzene rings is 2. The van der Waals surface area contributed by atoms with Gasteiger partial charge in [-0.2, -0.15) is 0 Å². The van der Waals surface area contributed by atoms with Gasteiger partial charge >= 0.3 is 0 Å². The van der Waals surface area contributed by atoms with Crippen LogP contribution in [0.2, 0.25) is 0 Å². The Morgan fingerprint density at radius 2 is 1.14 bits per heavy atom. The zero-order valence-corrected chi connectivity index (χ0v) is 13.1. The molecule has 0 bridgehead atoms. The predicted octanol–water partition coefficient (Wildman–Crippen LogP) is 4.69. The fourth-order valence-corrected chi connectivity index (χ4v) is 2.95. The average molecular weight is 298 g/mol. The highest BCUT2D eigenvalue weighted by molar-refractivity contribution is 5.30. The molecule has 1 fully saturated rings. The Morgan fingerprint density at radius 1 is 0.727 bits per heavy atom. The predicted molar refractivity (Wildman–Crippen MR) is 86.4 cm³/mol. The number of ether oxygens (including phenoxy) is 3. The fraction of sp³-hybridized carbons (Fsp3) is 0.368. The summed E-state index contributed by atoms with van der Waals surface area (Å²) in [6.45, 7) is 0. The molecule has 2 aromatic rings. The van der Waals surface area contributed by atoms with E-state index in [1.807, 2.05) is 24.3 Å². The van der Waals surface area contributed by atoms with Crippen LogP contribution in [0.3, 0.4) is 0 Å². The fourth-order valence-electron chi connectivity index (χ4n) is 2.95. The van der Waals surface area contributed by atoms with Crippen molar-refractivity contribution in [2.75, 3.05) is 14.2 Å². The molecule has 1 heterocycles. The zero-order valence-electron chi connectivity index (χ0n) is 13.1. The van der Waals surface area contributed by atoms with Crippen molar-refractivity contribution in [1.82, 2.24) is 0 Å². The molecule has 1 saturated heterocycles. The lowest BCUT2D eigenvalue weighted by Gasteiger charge is -2.31. The van der Waals surface area contributed by atoms with Crippen LogP contribution in [0.25, 0.3) is 0 Å². The summed E-state index contributed by atoms with van der Waals surface area (Å²) < 4.78 is 16.8. The van der Waals surface area contributed by atoms with Crippen LogP contribution < -0.4 is 9.47 Å². The summed E-state index contributed by atoms with van der Waals surface area (Å²) in [7, 11) is 3.37. The van der Waals surface area contributed by atoms with E-state index in [2.05, 4.69) is 24.3 Å². The van der Waals surface area contributed by atoms with Crippen LogP contribution in [0, 0.1) is 0 Å². The van der Waals surface area contributed by atoms with Crippen LogP contribution in [0.4, 0.5) is 0 Å². The van der Waals surface area contributed by atoms with Crippen molar-refractivity contribution >= 4 is 0 Å². The van der Waals surface area contributed by atoms with Crippen molar-refractivity contribution in [2.45, 2.75) is 31.5 Å². The van der Waals surface area contributed by atoms with Crippen LogP contribution >= 0.6 is 0 Å². The number of methoxy groups -OCH3 is 2. The van der Waals surface area contributed by atoms with Crippen molar-refractivity contribution in [3.05, 3.63) is 59.7 Å². The molecule has 1 aliphatic heterocycles. The van der Waals surface area contributed by atoms with Gasteiger partial charge in [0.15, 0.2) is 0 Å². The molecule has 22 heavy (non-hydrogen) atoms. The molecule has 0 radical (unpaired) electrons. The van der Waals surface area contributed by atoms with Gasteiger partial charge < -0.3 is 14.2 Å². The SMILES string of the molecule is COc1ccc(C2CCCC(c3ccc(OC)cc3)O2)cc1. The highest BCUT2D eigenvalue weighted by Crippen LogP contribution is 2.39. The lowest BCUT2D eigenvalue weighted by atomic mass is 9.95. The van der Waals surface area contributed by atoms with E-state index in [4.69, 9.17) is 14.2 Å². The van der Waals surface area contributed by atoms with E-state index >= 15 is 0 Å². The molecule has 0 amide bonds. The van der Waals surface area contributed by atoms with Crippen molar-refractivity contribution < 1.29 is 14.2 Å². The molecule has 3 rings (SSSR count). The van der Waals surface area contributed by atoms with E-state index in [-0.39, 0.29) is 12.2 Å². The third kappa shape index (κ3) is 3.25. The molecule has 0 aliphatic carbocycles. The molecular formula is C19H22O3. The minimum Gasteiger partial charge on any atom is -0.497 e. The normalized spacial score (nSPS) is 21.4. The molecule has 3 heteroatoms. The van der Waals surface area contributed by atoms with Crippen molar-refractivity contribution in [3.63, 3.8) is 0 Å².